The van der Waals surface area contributed by atoms with Crippen LogP contribution in [0.2, 0.25) is 0 Å². The fraction of sp³-hybridized carbons (Fsp3) is 0.950. The third kappa shape index (κ3) is 19.7. The first kappa shape index (κ1) is 47.9. The minimum absolute atomic E-state index is 0.0151. The van der Waals surface area contributed by atoms with Crippen LogP contribution in [0.3, 0.4) is 0 Å². The van der Waals surface area contributed by atoms with Crippen LogP contribution in [0.15, 0.2) is 0 Å². The van der Waals surface area contributed by atoms with Crippen molar-refractivity contribution < 1.29 is 18.6 Å². The molecule has 0 rings (SSSR count). The van der Waals surface area contributed by atoms with Crippen molar-refractivity contribution in [2.24, 2.45) is 0 Å². The zero-order valence-corrected chi connectivity index (χ0v) is 35.1. The van der Waals surface area contributed by atoms with E-state index in [1.807, 2.05) is 0 Å². The third-order valence-corrected chi connectivity index (χ3v) is 23.5. The van der Waals surface area contributed by atoms with Gasteiger partial charge >= 0.3 is 291 Å². The van der Waals surface area contributed by atoms with E-state index in [0.717, 1.165) is 0 Å². The van der Waals surface area contributed by atoms with E-state index >= 15 is 0 Å². The van der Waals surface area contributed by atoms with Gasteiger partial charge in [0.05, 0.1) is 0 Å². The number of carbonyl (C=O) groups excluding carboxylic acids is 2. The van der Waals surface area contributed by atoms with Crippen molar-refractivity contribution in [3.63, 3.8) is 0 Å². The fourth-order valence-corrected chi connectivity index (χ4v) is 21.1. The Morgan fingerprint density at radius 1 is 0.326 bits per heavy atom. The van der Waals surface area contributed by atoms with Crippen LogP contribution in [0.5, 0.6) is 0 Å². The minimum atomic E-state index is -2.40. The van der Waals surface area contributed by atoms with E-state index in [1.165, 1.54) is 178 Å². The van der Waals surface area contributed by atoms with Gasteiger partial charge in [0.25, 0.3) is 0 Å². The number of carbonyl (C=O) groups is 2. The second-order valence-corrected chi connectivity index (χ2v) is 26.3. The van der Waals surface area contributed by atoms with E-state index in [4.69, 9.17) is 9.05 Å². The quantitative estimate of drug-likeness (QED) is 0.0555. The summed E-state index contributed by atoms with van der Waals surface area (Å²) < 4.78 is 12.8. The van der Waals surface area contributed by atoms with Gasteiger partial charge in [0.1, 0.15) is 0 Å². The summed E-state index contributed by atoms with van der Waals surface area (Å²) in [7, 11) is 0. The van der Waals surface area contributed by atoms with E-state index in [9.17, 15) is 9.59 Å². The van der Waals surface area contributed by atoms with Gasteiger partial charge < -0.3 is 0 Å². The van der Waals surface area contributed by atoms with Crippen LogP contribution in [0.25, 0.3) is 0 Å². The molecule has 0 heterocycles. The molecular weight excluding hydrogens is 606 g/mol. The summed E-state index contributed by atoms with van der Waals surface area (Å²) in [5.41, 5.74) is 0. The average molecular weight is 693 g/mol. The van der Waals surface area contributed by atoms with Crippen LogP contribution < -0.4 is 0 Å². The van der Waals surface area contributed by atoms with E-state index in [1.54, 1.807) is 13.8 Å². The molecule has 6 heteroatoms. The molecule has 0 aliphatic rings. The van der Waals surface area contributed by atoms with Gasteiger partial charge in [-0.05, 0) is 0 Å². The predicted octanol–water partition coefficient (Wildman–Crippen LogP) is 14.0. The maximum atomic E-state index is 12.2. The van der Waals surface area contributed by atoms with Gasteiger partial charge in [-0.3, -0.25) is 0 Å². The molecule has 0 aromatic carbocycles. The molecule has 0 saturated carbocycles. The zero-order valence-electron chi connectivity index (χ0n) is 33.3. The topological polar surface area (TPSA) is 52.6 Å². The molecule has 0 fully saturated rings. The summed E-state index contributed by atoms with van der Waals surface area (Å²) in [6.07, 6.45) is 34.1. The SMILES string of the molecule is CCCCCP(CCCCC)(CCCCC)(CCCCC)OC(C)=O.CCCCP(CCCC)(CCCC)(CCCC)OC(C)=O. The van der Waals surface area contributed by atoms with Gasteiger partial charge in [-0.2, -0.15) is 0 Å². The first-order chi connectivity index (χ1) is 21.9. The summed E-state index contributed by atoms with van der Waals surface area (Å²) in [5, 5.41) is 0. The Bertz CT molecular complexity index is 659. The molecular formula is C40H86O4P2. The summed E-state index contributed by atoms with van der Waals surface area (Å²) >= 11 is 0. The first-order valence-corrected chi connectivity index (χ1v) is 26.2. The Morgan fingerprint density at radius 3 is 0.652 bits per heavy atom. The Labute approximate surface area is 290 Å². The maximum absolute atomic E-state index is 12.2. The van der Waals surface area contributed by atoms with Gasteiger partial charge in [0.2, 0.25) is 0 Å². The second-order valence-electron chi connectivity index (χ2n) is 14.9. The molecule has 0 N–H and O–H groups in total. The molecule has 4 nitrogen and oxygen atoms in total. The molecule has 0 atom stereocenters. The summed E-state index contributed by atoms with van der Waals surface area (Å²) in [5.74, 6) is -0.0502. The predicted molar refractivity (Wildman–Crippen MR) is 214 cm³/mol. The van der Waals surface area contributed by atoms with Gasteiger partial charge in [0.15, 0.2) is 0 Å². The normalized spacial score (nSPS) is 13.5. The van der Waals surface area contributed by atoms with E-state index < -0.39 is 13.7 Å². The summed E-state index contributed by atoms with van der Waals surface area (Å²) in [6, 6.07) is 0. The molecule has 0 saturated heterocycles. The van der Waals surface area contributed by atoms with Crippen LogP contribution in [0.4, 0.5) is 0 Å². The molecule has 46 heavy (non-hydrogen) atoms. The molecule has 0 aromatic heterocycles. The van der Waals surface area contributed by atoms with E-state index in [-0.39, 0.29) is 11.9 Å². The number of hydrogen-bond acceptors (Lipinski definition) is 4. The van der Waals surface area contributed by atoms with Crippen molar-refractivity contribution in [2.45, 2.75) is 198 Å². The van der Waals surface area contributed by atoms with Gasteiger partial charge in [-0.25, -0.2) is 0 Å². The molecule has 0 aliphatic heterocycles. The molecule has 0 aromatic rings. The van der Waals surface area contributed by atoms with Crippen molar-refractivity contribution in [2.75, 3.05) is 49.3 Å². The van der Waals surface area contributed by atoms with Crippen molar-refractivity contribution in [3.05, 3.63) is 0 Å². The van der Waals surface area contributed by atoms with Gasteiger partial charge in [-0.1, -0.05) is 0 Å². The molecule has 0 amide bonds. The van der Waals surface area contributed by atoms with Crippen molar-refractivity contribution in [1.82, 2.24) is 0 Å². The number of hydrogen-bond donors (Lipinski definition) is 0. The number of rotatable bonds is 30. The molecule has 0 unspecified atom stereocenters. The monoisotopic (exact) mass is 693 g/mol. The van der Waals surface area contributed by atoms with E-state index in [0.29, 0.717) is 0 Å². The van der Waals surface area contributed by atoms with Gasteiger partial charge in [0, 0.05) is 0 Å². The average Bonchev–Trinajstić information content (AvgIpc) is 3.02. The summed E-state index contributed by atoms with van der Waals surface area (Å²) in [4.78, 5) is 24.1. The van der Waals surface area contributed by atoms with Crippen LogP contribution in [0, 0.1) is 0 Å². The Balaban J connectivity index is 0. The Morgan fingerprint density at radius 2 is 0.500 bits per heavy atom. The van der Waals surface area contributed by atoms with Crippen LogP contribution in [0.1, 0.15) is 198 Å². The molecule has 280 valence electrons. The van der Waals surface area contributed by atoms with Crippen molar-refractivity contribution in [3.8, 4) is 0 Å². The third-order valence-electron chi connectivity index (χ3n) is 10.4. The van der Waals surface area contributed by atoms with Crippen LogP contribution in [-0.2, 0) is 18.6 Å². The van der Waals surface area contributed by atoms with Crippen molar-refractivity contribution in [1.29, 1.82) is 0 Å². The molecule has 0 bridgehead atoms. The van der Waals surface area contributed by atoms with Gasteiger partial charge in [-0.15, -0.1) is 0 Å². The van der Waals surface area contributed by atoms with E-state index in [2.05, 4.69) is 55.4 Å². The molecule has 0 radical (unpaired) electrons. The standard InChI is InChI=1S/C22H47O2P.C18H39O2P/c1-6-10-14-18-25(24-22(5)23,19-15-11-7-2,20-16-12-8-3)21-17-13-9-4;1-6-10-14-21(15-11-7-2,16-12-8-3,17-13-9-4)20-18(5)19/h6-21H2,1-5H3;6-17H2,1-5H3. The zero-order chi connectivity index (χ0) is 35.3. The van der Waals surface area contributed by atoms with Crippen LogP contribution in [-0.4, -0.2) is 61.2 Å². The summed E-state index contributed by atoms with van der Waals surface area (Å²) in [6.45, 7) is 16.6. The fourth-order valence-electron chi connectivity index (χ4n) is 7.71. The molecule has 0 aliphatic carbocycles. The number of unbranched alkanes of at least 4 members (excludes halogenated alkanes) is 12. The first-order valence-electron chi connectivity index (χ1n) is 20.4. The Hall–Kier alpha value is -0.200. The Kier molecular flexibility index (Phi) is 28.8. The second kappa shape index (κ2) is 27.6. The van der Waals surface area contributed by atoms with Crippen LogP contribution >= 0.6 is 13.7 Å². The molecule has 0 spiro atoms. The van der Waals surface area contributed by atoms with Crippen molar-refractivity contribution >= 4 is 25.6 Å².